The van der Waals surface area contributed by atoms with Gasteiger partial charge < -0.3 is 9.88 Å². The number of rotatable bonds is 2. The molecule has 1 unspecified atom stereocenters. The van der Waals surface area contributed by atoms with Crippen molar-refractivity contribution < 1.29 is 0 Å². The molecule has 0 saturated carbocycles. The van der Waals surface area contributed by atoms with Crippen LogP contribution in [0.15, 0.2) is 18.2 Å². The molecule has 3 rings (SSSR count). The summed E-state index contributed by atoms with van der Waals surface area (Å²) in [5, 5.41) is 3.69. The van der Waals surface area contributed by atoms with Crippen LogP contribution in [0.3, 0.4) is 0 Å². The number of benzene rings is 1. The van der Waals surface area contributed by atoms with E-state index in [1.165, 1.54) is 29.7 Å². The molecule has 0 bridgehead atoms. The lowest BCUT2D eigenvalue weighted by molar-refractivity contribution is 0.171. The van der Waals surface area contributed by atoms with E-state index in [1.807, 2.05) is 0 Å². The number of fused-ring (bicyclic) bond motifs is 1. The minimum atomic E-state index is 0.265. The molecule has 2 heterocycles. The fourth-order valence-electron chi connectivity index (χ4n) is 3.46. The van der Waals surface area contributed by atoms with Crippen molar-refractivity contribution in [3.05, 3.63) is 29.6 Å². The van der Waals surface area contributed by atoms with Gasteiger partial charge in [0.25, 0.3) is 0 Å². The van der Waals surface area contributed by atoms with E-state index in [2.05, 4.69) is 55.8 Å². The van der Waals surface area contributed by atoms with Crippen LogP contribution in [0.4, 0.5) is 0 Å². The number of aryl methyl sites for hydroxylation is 2. The lowest BCUT2D eigenvalue weighted by atomic mass is 9.77. The van der Waals surface area contributed by atoms with Gasteiger partial charge in [0.15, 0.2) is 0 Å². The van der Waals surface area contributed by atoms with Crippen molar-refractivity contribution in [3.63, 3.8) is 0 Å². The van der Waals surface area contributed by atoms with Crippen molar-refractivity contribution in [2.45, 2.75) is 53.1 Å². The van der Waals surface area contributed by atoms with Gasteiger partial charge in [-0.3, -0.25) is 0 Å². The summed E-state index contributed by atoms with van der Waals surface area (Å²) in [6, 6.07) is 6.93. The molecule has 1 aromatic carbocycles. The second kappa shape index (κ2) is 4.88. The van der Waals surface area contributed by atoms with Crippen LogP contribution in [0.5, 0.6) is 0 Å². The summed E-state index contributed by atoms with van der Waals surface area (Å²) in [6.45, 7) is 11.1. The molecular formula is C17H25N3. The topological polar surface area (TPSA) is 29.9 Å². The predicted molar refractivity (Wildman–Crippen MR) is 83.9 cm³/mol. The predicted octanol–water partition coefficient (Wildman–Crippen LogP) is 3.82. The van der Waals surface area contributed by atoms with Gasteiger partial charge in [0.1, 0.15) is 5.82 Å². The number of nitrogens with one attached hydrogen (secondary N) is 1. The van der Waals surface area contributed by atoms with Gasteiger partial charge in [-0.25, -0.2) is 4.98 Å². The number of hydrogen-bond donors (Lipinski definition) is 1. The number of hydrogen-bond acceptors (Lipinski definition) is 2. The molecule has 1 atom stereocenters. The Morgan fingerprint density at radius 3 is 2.90 bits per heavy atom. The molecule has 0 aliphatic carbocycles. The van der Waals surface area contributed by atoms with E-state index in [-0.39, 0.29) is 5.41 Å². The van der Waals surface area contributed by atoms with Crippen molar-refractivity contribution in [1.29, 1.82) is 0 Å². The molecule has 0 spiro atoms. The third-order valence-electron chi connectivity index (χ3n) is 4.64. The molecule has 3 nitrogen and oxygen atoms in total. The molecule has 2 aromatic rings. The van der Waals surface area contributed by atoms with Crippen LogP contribution in [0.1, 0.15) is 51.0 Å². The Kier molecular flexibility index (Phi) is 3.33. The standard InChI is InChI=1S/C17H25N3/c1-5-20-14-8-7-12(2)11-13(14)19-16(20)15-17(3,4)9-6-10-18-15/h7-8,11,15,18H,5-6,9-10H2,1-4H3. The van der Waals surface area contributed by atoms with E-state index in [1.54, 1.807) is 0 Å². The van der Waals surface area contributed by atoms with E-state index in [0.717, 1.165) is 18.6 Å². The van der Waals surface area contributed by atoms with E-state index in [4.69, 9.17) is 4.98 Å². The first-order valence-corrected chi connectivity index (χ1v) is 7.73. The van der Waals surface area contributed by atoms with Crippen molar-refractivity contribution >= 4 is 11.0 Å². The average molecular weight is 271 g/mol. The minimum Gasteiger partial charge on any atom is -0.327 e. The molecule has 1 fully saturated rings. The monoisotopic (exact) mass is 271 g/mol. The van der Waals surface area contributed by atoms with Crippen LogP contribution in [0.2, 0.25) is 0 Å². The molecule has 1 aromatic heterocycles. The van der Waals surface area contributed by atoms with Crippen molar-refractivity contribution in [2.24, 2.45) is 5.41 Å². The maximum atomic E-state index is 4.96. The van der Waals surface area contributed by atoms with Crippen LogP contribution in [0.25, 0.3) is 11.0 Å². The van der Waals surface area contributed by atoms with Crippen LogP contribution < -0.4 is 5.32 Å². The van der Waals surface area contributed by atoms with Crippen molar-refractivity contribution in [1.82, 2.24) is 14.9 Å². The molecule has 1 aliphatic heterocycles. The third-order valence-corrected chi connectivity index (χ3v) is 4.64. The zero-order valence-electron chi connectivity index (χ0n) is 13.0. The second-order valence-corrected chi connectivity index (χ2v) is 6.69. The number of imidazole rings is 1. The molecule has 20 heavy (non-hydrogen) atoms. The van der Waals surface area contributed by atoms with Gasteiger partial charge in [0.05, 0.1) is 17.1 Å². The summed E-state index contributed by atoms with van der Waals surface area (Å²) in [5.41, 5.74) is 3.93. The highest BCUT2D eigenvalue weighted by Gasteiger charge is 2.36. The highest BCUT2D eigenvalue weighted by atomic mass is 15.1. The Morgan fingerprint density at radius 1 is 1.40 bits per heavy atom. The first-order chi connectivity index (χ1) is 9.53. The lowest BCUT2D eigenvalue weighted by Gasteiger charge is -2.39. The number of aromatic nitrogens is 2. The molecule has 1 saturated heterocycles. The zero-order chi connectivity index (χ0) is 14.3. The fraction of sp³-hybridized carbons (Fsp3) is 0.588. The first kappa shape index (κ1) is 13.6. The summed E-state index contributed by atoms with van der Waals surface area (Å²) in [4.78, 5) is 4.96. The van der Waals surface area contributed by atoms with Crippen molar-refractivity contribution in [3.8, 4) is 0 Å². The molecule has 0 radical (unpaired) electrons. The van der Waals surface area contributed by atoms with Crippen molar-refractivity contribution in [2.75, 3.05) is 6.54 Å². The fourth-order valence-corrected chi connectivity index (χ4v) is 3.46. The third kappa shape index (κ3) is 2.14. The van der Waals surface area contributed by atoms with E-state index in [0.29, 0.717) is 6.04 Å². The maximum absolute atomic E-state index is 4.96. The van der Waals surface area contributed by atoms with Gasteiger partial charge in [0.2, 0.25) is 0 Å². The van der Waals surface area contributed by atoms with Gasteiger partial charge in [-0.15, -0.1) is 0 Å². The number of piperidine rings is 1. The van der Waals surface area contributed by atoms with E-state index < -0.39 is 0 Å². The summed E-state index contributed by atoms with van der Waals surface area (Å²) >= 11 is 0. The SMILES string of the molecule is CCn1c(C2NCCCC2(C)C)nc2cc(C)ccc21. The Hall–Kier alpha value is -1.35. The molecule has 3 heteroatoms. The van der Waals surface area contributed by atoms with E-state index in [9.17, 15) is 0 Å². The largest absolute Gasteiger partial charge is 0.327 e. The van der Waals surface area contributed by atoms with Crippen LogP contribution in [0, 0.1) is 12.3 Å². The molecular weight excluding hydrogens is 246 g/mol. The smallest absolute Gasteiger partial charge is 0.127 e. The van der Waals surface area contributed by atoms with Gasteiger partial charge in [-0.05, 0) is 56.3 Å². The van der Waals surface area contributed by atoms with Crippen LogP contribution >= 0.6 is 0 Å². The minimum absolute atomic E-state index is 0.265. The molecule has 0 amide bonds. The summed E-state index contributed by atoms with van der Waals surface area (Å²) in [7, 11) is 0. The van der Waals surface area contributed by atoms with Gasteiger partial charge in [-0.2, -0.15) is 0 Å². The van der Waals surface area contributed by atoms with Gasteiger partial charge >= 0.3 is 0 Å². The van der Waals surface area contributed by atoms with Gasteiger partial charge in [-0.1, -0.05) is 19.9 Å². The number of nitrogens with zero attached hydrogens (tertiary/aromatic N) is 2. The highest BCUT2D eigenvalue weighted by molar-refractivity contribution is 5.77. The second-order valence-electron chi connectivity index (χ2n) is 6.69. The Balaban J connectivity index is 2.15. The summed E-state index contributed by atoms with van der Waals surface area (Å²) < 4.78 is 2.37. The summed E-state index contributed by atoms with van der Waals surface area (Å²) in [6.07, 6.45) is 2.52. The van der Waals surface area contributed by atoms with Crippen LogP contribution in [-0.4, -0.2) is 16.1 Å². The molecule has 108 valence electrons. The average Bonchev–Trinajstić information content (AvgIpc) is 2.75. The Bertz CT molecular complexity index is 624. The Morgan fingerprint density at radius 2 is 2.20 bits per heavy atom. The summed E-state index contributed by atoms with van der Waals surface area (Å²) in [5.74, 6) is 1.21. The highest BCUT2D eigenvalue weighted by Crippen LogP contribution is 2.40. The molecule has 1 N–H and O–H groups in total. The Labute approximate surface area is 121 Å². The normalized spacial score (nSPS) is 22.3. The van der Waals surface area contributed by atoms with Crippen LogP contribution in [-0.2, 0) is 6.54 Å². The van der Waals surface area contributed by atoms with Gasteiger partial charge in [0, 0.05) is 6.54 Å². The van der Waals surface area contributed by atoms with E-state index >= 15 is 0 Å². The quantitative estimate of drug-likeness (QED) is 0.900. The zero-order valence-corrected chi connectivity index (χ0v) is 13.0. The lowest BCUT2D eigenvalue weighted by Crippen LogP contribution is -2.41. The maximum Gasteiger partial charge on any atom is 0.127 e. The first-order valence-electron chi connectivity index (χ1n) is 7.73. The molecule has 1 aliphatic rings.